The SMILES string of the molecule is Cc1cc(/C=C/C(=O)O)cnc1N(C)CCc1cccs1. The van der Waals surface area contributed by atoms with Crippen LogP contribution in [0.5, 0.6) is 0 Å². The molecule has 2 heterocycles. The van der Waals surface area contributed by atoms with Crippen molar-refractivity contribution in [1.29, 1.82) is 0 Å². The summed E-state index contributed by atoms with van der Waals surface area (Å²) in [7, 11) is 2.02. The minimum atomic E-state index is -0.954. The van der Waals surface area contributed by atoms with Crippen LogP contribution >= 0.6 is 11.3 Å². The molecule has 0 aromatic carbocycles. The average molecular weight is 302 g/mol. The fraction of sp³-hybridized carbons (Fsp3) is 0.250. The summed E-state index contributed by atoms with van der Waals surface area (Å²) >= 11 is 1.76. The van der Waals surface area contributed by atoms with Crippen molar-refractivity contribution in [1.82, 2.24) is 4.98 Å². The molecule has 0 saturated heterocycles. The van der Waals surface area contributed by atoms with Crippen molar-refractivity contribution in [3.63, 3.8) is 0 Å². The third kappa shape index (κ3) is 4.43. The molecule has 0 atom stereocenters. The minimum Gasteiger partial charge on any atom is -0.478 e. The standard InChI is InChI=1S/C16H18N2O2S/c1-12-10-13(5-6-15(19)20)11-17-16(12)18(2)8-7-14-4-3-9-21-14/h3-6,9-11H,7-8H2,1-2H3,(H,19,20)/b6-5+. The highest BCUT2D eigenvalue weighted by Crippen LogP contribution is 2.18. The van der Waals surface area contributed by atoms with Gasteiger partial charge >= 0.3 is 5.97 Å². The summed E-state index contributed by atoms with van der Waals surface area (Å²) in [6.07, 6.45) is 5.37. The Morgan fingerprint density at radius 2 is 2.33 bits per heavy atom. The van der Waals surface area contributed by atoms with Gasteiger partial charge in [0.2, 0.25) is 0 Å². The van der Waals surface area contributed by atoms with Crippen LogP contribution in [0.1, 0.15) is 16.0 Å². The average Bonchev–Trinajstić information content (AvgIpc) is 2.96. The normalized spacial score (nSPS) is 11.0. The maximum Gasteiger partial charge on any atom is 0.328 e. The summed E-state index contributed by atoms with van der Waals surface area (Å²) < 4.78 is 0. The Labute approximate surface area is 128 Å². The summed E-state index contributed by atoms with van der Waals surface area (Å²) in [5.74, 6) is -0.0242. The van der Waals surface area contributed by atoms with Crippen molar-refractivity contribution in [3.05, 3.63) is 51.9 Å². The van der Waals surface area contributed by atoms with Gasteiger partial charge in [0.05, 0.1) is 0 Å². The molecule has 2 aromatic rings. The molecule has 0 aliphatic carbocycles. The summed E-state index contributed by atoms with van der Waals surface area (Å²) in [6.45, 7) is 2.89. The second-order valence-electron chi connectivity index (χ2n) is 4.83. The molecule has 0 bridgehead atoms. The zero-order valence-corrected chi connectivity index (χ0v) is 12.9. The van der Waals surface area contributed by atoms with Crippen LogP contribution in [-0.2, 0) is 11.2 Å². The molecule has 2 rings (SSSR count). The molecule has 110 valence electrons. The molecule has 4 nitrogen and oxygen atoms in total. The lowest BCUT2D eigenvalue weighted by atomic mass is 10.2. The van der Waals surface area contributed by atoms with Crippen LogP contribution in [0.3, 0.4) is 0 Å². The van der Waals surface area contributed by atoms with Crippen LogP contribution in [0, 0.1) is 6.92 Å². The Bertz CT molecular complexity index is 636. The molecule has 0 aliphatic heterocycles. The number of carboxylic acid groups (broad SMARTS) is 1. The van der Waals surface area contributed by atoms with Crippen molar-refractivity contribution in [2.45, 2.75) is 13.3 Å². The lowest BCUT2D eigenvalue weighted by Crippen LogP contribution is -2.22. The van der Waals surface area contributed by atoms with E-state index in [4.69, 9.17) is 5.11 Å². The van der Waals surface area contributed by atoms with Crippen LogP contribution < -0.4 is 4.90 Å². The van der Waals surface area contributed by atoms with E-state index in [0.29, 0.717) is 0 Å². The predicted molar refractivity (Wildman–Crippen MR) is 86.9 cm³/mol. The van der Waals surface area contributed by atoms with E-state index in [2.05, 4.69) is 27.4 Å². The first-order valence-electron chi connectivity index (χ1n) is 6.67. The number of carbonyl (C=O) groups is 1. The first-order valence-corrected chi connectivity index (χ1v) is 7.55. The molecule has 1 N–H and O–H groups in total. The second kappa shape index (κ2) is 7.04. The van der Waals surface area contributed by atoms with Crippen LogP contribution in [0.2, 0.25) is 0 Å². The Morgan fingerprint density at radius 1 is 1.52 bits per heavy atom. The monoisotopic (exact) mass is 302 g/mol. The van der Waals surface area contributed by atoms with Crippen LogP contribution in [-0.4, -0.2) is 29.7 Å². The van der Waals surface area contributed by atoms with E-state index in [1.54, 1.807) is 23.6 Å². The van der Waals surface area contributed by atoms with Gasteiger partial charge < -0.3 is 10.0 Å². The van der Waals surface area contributed by atoms with Gasteiger partial charge in [-0.05, 0) is 48.1 Å². The van der Waals surface area contributed by atoms with Crippen LogP contribution in [0.15, 0.2) is 35.9 Å². The van der Waals surface area contributed by atoms with Gasteiger partial charge in [-0.15, -0.1) is 11.3 Å². The highest BCUT2D eigenvalue weighted by molar-refractivity contribution is 7.09. The van der Waals surface area contributed by atoms with E-state index in [-0.39, 0.29) is 0 Å². The maximum atomic E-state index is 10.5. The largest absolute Gasteiger partial charge is 0.478 e. The molecular weight excluding hydrogens is 284 g/mol. The number of carboxylic acids is 1. The zero-order chi connectivity index (χ0) is 15.2. The van der Waals surface area contributed by atoms with Crippen LogP contribution in [0.25, 0.3) is 6.08 Å². The van der Waals surface area contributed by atoms with Gasteiger partial charge in [-0.1, -0.05) is 6.07 Å². The van der Waals surface area contributed by atoms with Gasteiger partial charge in [0, 0.05) is 30.7 Å². The van der Waals surface area contributed by atoms with Crippen molar-refractivity contribution >= 4 is 29.2 Å². The molecular formula is C16H18N2O2S. The number of likely N-dealkylation sites (N-methyl/N-ethyl adjacent to an activating group) is 1. The number of aromatic nitrogens is 1. The quantitative estimate of drug-likeness (QED) is 0.832. The first kappa shape index (κ1) is 15.3. The van der Waals surface area contributed by atoms with Gasteiger partial charge in [-0.3, -0.25) is 0 Å². The van der Waals surface area contributed by atoms with Crippen molar-refractivity contribution < 1.29 is 9.90 Å². The number of anilines is 1. The zero-order valence-electron chi connectivity index (χ0n) is 12.1. The molecule has 0 radical (unpaired) electrons. The molecule has 0 fully saturated rings. The third-order valence-corrected chi connectivity index (χ3v) is 4.06. The number of hydrogen-bond donors (Lipinski definition) is 1. The summed E-state index contributed by atoms with van der Waals surface area (Å²) in [6, 6.07) is 6.15. The van der Waals surface area contributed by atoms with E-state index in [1.807, 2.05) is 20.0 Å². The molecule has 0 amide bonds. The van der Waals surface area contributed by atoms with E-state index in [9.17, 15) is 4.79 Å². The summed E-state index contributed by atoms with van der Waals surface area (Å²) in [5.41, 5.74) is 1.83. The van der Waals surface area contributed by atoms with Crippen LogP contribution in [0.4, 0.5) is 5.82 Å². The molecule has 5 heteroatoms. The van der Waals surface area contributed by atoms with Gasteiger partial charge in [0.1, 0.15) is 5.82 Å². The second-order valence-corrected chi connectivity index (χ2v) is 5.86. The number of nitrogens with zero attached hydrogens (tertiary/aromatic N) is 2. The molecule has 0 aliphatic rings. The van der Waals surface area contributed by atoms with Crippen molar-refractivity contribution in [2.24, 2.45) is 0 Å². The smallest absolute Gasteiger partial charge is 0.328 e. The maximum absolute atomic E-state index is 10.5. The Hall–Kier alpha value is -2.14. The lowest BCUT2D eigenvalue weighted by molar-refractivity contribution is -0.131. The molecule has 21 heavy (non-hydrogen) atoms. The molecule has 0 unspecified atom stereocenters. The Kier molecular flexibility index (Phi) is 5.11. The number of hydrogen-bond acceptors (Lipinski definition) is 4. The Balaban J connectivity index is 2.03. The van der Waals surface area contributed by atoms with Gasteiger partial charge in [-0.25, -0.2) is 9.78 Å². The van der Waals surface area contributed by atoms with E-state index >= 15 is 0 Å². The fourth-order valence-corrected chi connectivity index (χ4v) is 2.78. The Morgan fingerprint density at radius 3 is 2.95 bits per heavy atom. The number of thiophene rings is 1. The van der Waals surface area contributed by atoms with Gasteiger partial charge in [-0.2, -0.15) is 0 Å². The number of pyridine rings is 1. The van der Waals surface area contributed by atoms with E-state index in [0.717, 1.165) is 36.0 Å². The first-order chi connectivity index (χ1) is 10.1. The fourth-order valence-electron chi connectivity index (χ4n) is 2.09. The highest BCUT2D eigenvalue weighted by atomic mass is 32.1. The van der Waals surface area contributed by atoms with E-state index < -0.39 is 5.97 Å². The van der Waals surface area contributed by atoms with Crippen molar-refractivity contribution in [2.75, 3.05) is 18.5 Å². The van der Waals surface area contributed by atoms with Gasteiger partial charge in [0.25, 0.3) is 0 Å². The third-order valence-electron chi connectivity index (χ3n) is 3.13. The predicted octanol–water partition coefficient (Wildman–Crippen LogP) is 3.23. The topological polar surface area (TPSA) is 53.4 Å². The number of aryl methyl sites for hydroxylation is 1. The summed E-state index contributed by atoms with van der Waals surface area (Å²) in [4.78, 5) is 18.4. The molecule has 2 aromatic heterocycles. The number of aliphatic carboxylic acids is 1. The molecule has 0 spiro atoms. The van der Waals surface area contributed by atoms with Crippen molar-refractivity contribution in [3.8, 4) is 0 Å². The number of rotatable bonds is 6. The van der Waals surface area contributed by atoms with E-state index in [1.165, 1.54) is 4.88 Å². The molecule has 0 saturated carbocycles. The van der Waals surface area contributed by atoms with Gasteiger partial charge in [0.15, 0.2) is 0 Å². The summed E-state index contributed by atoms with van der Waals surface area (Å²) in [5, 5.41) is 10.7. The highest BCUT2D eigenvalue weighted by Gasteiger charge is 2.07. The lowest BCUT2D eigenvalue weighted by Gasteiger charge is -2.20. The minimum absolute atomic E-state index is 0.797.